The minimum absolute atomic E-state index is 0.240. The Balaban J connectivity index is 3.13. The Hall–Kier alpha value is -0.830. The number of carbonyl (C=O) groups excluding carboxylic acids is 1. The van der Waals surface area contributed by atoms with E-state index in [0.717, 1.165) is 25.7 Å². The molecule has 0 saturated carbocycles. The minimum Gasteiger partial charge on any atom is -0.462 e. The van der Waals surface area contributed by atoms with Crippen LogP contribution in [0.3, 0.4) is 0 Å². The molecule has 0 saturated heterocycles. The number of aliphatic hydroxyl groups excluding tert-OH is 1. The molecule has 0 aliphatic rings. The van der Waals surface area contributed by atoms with E-state index in [-0.39, 0.29) is 5.97 Å². The van der Waals surface area contributed by atoms with E-state index >= 15 is 0 Å². The third kappa shape index (κ3) is 12.2. The molecule has 0 atom stereocenters. The number of hydrogen-bond donors (Lipinski definition) is 1. The SMILES string of the molecule is C=C(CC)C(=O)OCCCCCCCCCCCCO. The van der Waals surface area contributed by atoms with Crippen LogP contribution in [-0.4, -0.2) is 24.3 Å². The molecule has 20 heavy (non-hydrogen) atoms. The van der Waals surface area contributed by atoms with Crippen molar-refractivity contribution in [3.05, 3.63) is 12.2 Å². The maximum absolute atomic E-state index is 11.3. The summed E-state index contributed by atoms with van der Waals surface area (Å²) in [5, 5.41) is 8.65. The van der Waals surface area contributed by atoms with E-state index in [2.05, 4.69) is 6.58 Å². The lowest BCUT2D eigenvalue weighted by Gasteiger charge is -2.05. The summed E-state index contributed by atoms with van der Waals surface area (Å²) in [6, 6.07) is 0. The zero-order chi connectivity index (χ0) is 15.1. The third-order valence-corrected chi connectivity index (χ3v) is 3.50. The van der Waals surface area contributed by atoms with Crippen molar-refractivity contribution >= 4 is 5.97 Å². The van der Waals surface area contributed by atoms with Crippen molar-refractivity contribution in [2.75, 3.05) is 13.2 Å². The molecule has 0 amide bonds. The molecule has 3 heteroatoms. The first-order valence-corrected chi connectivity index (χ1v) is 8.18. The first-order valence-electron chi connectivity index (χ1n) is 8.18. The smallest absolute Gasteiger partial charge is 0.333 e. The molecule has 0 bridgehead atoms. The zero-order valence-corrected chi connectivity index (χ0v) is 13.2. The van der Waals surface area contributed by atoms with Crippen molar-refractivity contribution in [3.8, 4) is 0 Å². The molecule has 0 aromatic carbocycles. The molecular formula is C17H32O3. The second kappa shape index (κ2) is 14.6. The van der Waals surface area contributed by atoms with Crippen LogP contribution in [0.15, 0.2) is 12.2 Å². The summed E-state index contributed by atoms with van der Waals surface area (Å²) in [4.78, 5) is 11.3. The summed E-state index contributed by atoms with van der Waals surface area (Å²) in [6.45, 7) is 6.43. The maximum Gasteiger partial charge on any atom is 0.333 e. The molecule has 0 unspecified atom stereocenters. The van der Waals surface area contributed by atoms with Gasteiger partial charge in [0.1, 0.15) is 0 Å². The van der Waals surface area contributed by atoms with Crippen molar-refractivity contribution in [3.63, 3.8) is 0 Å². The average Bonchev–Trinajstić information content (AvgIpc) is 2.47. The van der Waals surface area contributed by atoms with Gasteiger partial charge in [-0.25, -0.2) is 4.79 Å². The summed E-state index contributed by atoms with van der Waals surface area (Å²) in [5.74, 6) is -0.240. The fourth-order valence-electron chi connectivity index (χ4n) is 2.04. The van der Waals surface area contributed by atoms with Gasteiger partial charge in [-0.15, -0.1) is 0 Å². The molecule has 0 aliphatic carbocycles. The van der Waals surface area contributed by atoms with Gasteiger partial charge >= 0.3 is 5.97 Å². The third-order valence-electron chi connectivity index (χ3n) is 3.50. The Morgan fingerprint density at radius 3 is 1.80 bits per heavy atom. The Kier molecular flexibility index (Phi) is 14.0. The van der Waals surface area contributed by atoms with Crippen molar-refractivity contribution in [2.45, 2.75) is 77.6 Å². The summed E-state index contributed by atoms with van der Waals surface area (Å²) in [6.07, 6.45) is 12.5. The van der Waals surface area contributed by atoms with Gasteiger partial charge in [0, 0.05) is 12.2 Å². The van der Waals surface area contributed by atoms with Gasteiger partial charge < -0.3 is 9.84 Å². The normalized spacial score (nSPS) is 10.5. The standard InChI is InChI=1S/C17H32O3/c1-3-16(2)17(19)20-15-13-11-9-7-5-4-6-8-10-12-14-18/h18H,2-15H2,1H3. The van der Waals surface area contributed by atoms with E-state index in [4.69, 9.17) is 9.84 Å². The van der Waals surface area contributed by atoms with E-state index in [0.29, 0.717) is 25.2 Å². The lowest BCUT2D eigenvalue weighted by Crippen LogP contribution is -2.07. The predicted molar refractivity (Wildman–Crippen MR) is 83.6 cm³/mol. The van der Waals surface area contributed by atoms with Gasteiger partial charge in [-0.05, 0) is 19.3 Å². The highest BCUT2D eigenvalue weighted by molar-refractivity contribution is 5.87. The number of esters is 1. The Morgan fingerprint density at radius 1 is 0.900 bits per heavy atom. The van der Waals surface area contributed by atoms with Crippen LogP contribution in [-0.2, 0) is 9.53 Å². The lowest BCUT2D eigenvalue weighted by molar-refractivity contribution is -0.139. The van der Waals surface area contributed by atoms with E-state index in [1.807, 2.05) is 6.92 Å². The number of unbranched alkanes of at least 4 members (excludes halogenated alkanes) is 9. The Bertz CT molecular complexity index is 249. The largest absolute Gasteiger partial charge is 0.462 e. The monoisotopic (exact) mass is 284 g/mol. The summed E-state index contributed by atoms with van der Waals surface area (Å²) in [5.41, 5.74) is 0.561. The van der Waals surface area contributed by atoms with Crippen LogP contribution in [0.5, 0.6) is 0 Å². The summed E-state index contributed by atoms with van der Waals surface area (Å²) >= 11 is 0. The van der Waals surface area contributed by atoms with Crippen LogP contribution in [0.4, 0.5) is 0 Å². The van der Waals surface area contributed by atoms with Crippen LogP contribution >= 0.6 is 0 Å². The van der Waals surface area contributed by atoms with Gasteiger partial charge in [-0.1, -0.05) is 64.9 Å². The topological polar surface area (TPSA) is 46.5 Å². The van der Waals surface area contributed by atoms with Crippen LogP contribution < -0.4 is 0 Å². The summed E-state index contributed by atoms with van der Waals surface area (Å²) in [7, 11) is 0. The van der Waals surface area contributed by atoms with E-state index in [9.17, 15) is 4.79 Å². The van der Waals surface area contributed by atoms with Gasteiger partial charge in [0.05, 0.1) is 6.61 Å². The van der Waals surface area contributed by atoms with Crippen LogP contribution in [0.25, 0.3) is 0 Å². The maximum atomic E-state index is 11.3. The molecular weight excluding hydrogens is 252 g/mol. The second-order valence-corrected chi connectivity index (χ2v) is 5.35. The molecule has 0 fully saturated rings. The highest BCUT2D eigenvalue weighted by atomic mass is 16.5. The quantitative estimate of drug-likeness (QED) is 0.292. The van der Waals surface area contributed by atoms with Gasteiger partial charge in [0.25, 0.3) is 0 Å². The fraction of sp³-hybridized carbons (Fsp3) is 0.824. The van der Waals surface area contributed by atoms with Gasteiger partial charge in [0.15, 0.2) is 0 Å². The minimum atomic E-state index is -0.240. The lowest BCUT2D eigenvalue weighted by atomic mass is 10.1. The second-order valence-electron chi connectivity index (χ2n) is 5.35. The molecule has 0 aromatic heterocycles. The molecule has 1 N–H and O–H groups in total. The Morgan fingerprint density at radius 2 is 1.35 bits per heavy atom. The number of carbonyl (C=O) groups is 1. The van der Waals surface area contributed by atoms with Gasteiger partial charge in [0.2, 0.25) is 0 Å². The highest BCUT2D eigenvalue weighted by Gasteiger charge is 2.04. The molecule has 0 heterocycles. The average molecular weight is 284 g/mol. The van der Waals surface area contributed by atoms with Gasteiger partial charge in [-0.3, -0.25) is 0 Å². The molecule has 0 aliphatic heterocycles. The van der Waals surface area contributed by atoms with E-state index in [1.54, 1.807) is 0 Å². The zero-order valence-electron chi connectivity index (χ0n) is 13.2. The van der Waals surface area contributed by atoms with Crippen molar-refractivity contribution < 1.29 is 14.6 Å². The molecule has 0 rings (SSSR count). The van der Waals surface area contributed by atoms with E-state index < -0.39 is 0 Å². The molecule has 0 radical (unpaired) electrons. The van der Waals surface area contributed by atoms with Gasteiger partial charge in [-0.2, -0.15) is 0 Å². The first kappa shape index (κ1) is 19.2. The molecule has 0 aromatic rings. The van der Waals surface area contributed by atoms with Crippen LogP contribution in [0, 0.1) is 0 Å². The molecule has 0 spiro atoms. The first-order chi connectivity index (χ1) is 9.72. The summed E-state index contributed by atoms with van der Waals surface area (Å²) < 4.78 is 5.12. The molecule has 118 valence electrons. The molecule has 3 nitrogen and oxygen atoms in total. The van der Waals surface area contributed by atoms with Crippen LogP contribution in [0.2, 0.25) is 0 Å². The van der Waals surface area contributed by atoms with Crippen molar-refractivity contribution in [2.24, 2.45) is 0 Å². The highest BCUT2D eigenvalue weighted by Crippen LogP contribution is 2.10. The number of ether oxygens (including phenoxy) is 1. The Labute approximate surface area is 124 Å². The predicted octanol–water partition coefficient (Wildman–Crippen LogP) is 4.39. The van der Waals surface area contributed by atoms with Crippen molar-refractivity contribution in [1.29, 1.82) is 0 Å². The van der Waals surface area contributed by atoms with Crippen molar-refractivity contribution in [1.82, 2.24) is 0 Å². The number of hydrogen-bond acceptors (Lipinski definition) is 3. The fourth-order valence-corrected chi connectivity index (χ4v) is 2.04. The number of rotatable bonds is 14. The van der Waals surface area contributed by atoms with Crippen LogP contribution in [0.1, 0.15) is 77.6 Å². The van der Waals surface area contributed by atoms with E-state index in [1.165, 1.54) is 38.5 Å². The number of aliphatic hydroxyl groups is 1.